The summed E-state index contributed by atoms with van der Waals surface area (Å²) in [5, 5.41) is 16.0. The fraction of sp³-hybridized carbons (Fsp3) is 0.462. The molecule has 0 bridgehead atoms. The van der Waals surface area contributed by atoms with Crippen molar-refractivity contribution in [1.29, 1.82) is 0 Å². The van der Waals surface area contributed by atoms with E-state index in [2.05, 4.69) is 46.0 Å². The average Bonchev–Trinajstić information content (AvgIpc) is 3.14. The first-order chi connectivity index (χ1) is 9.28. The lowest BCUT2D eigenvalue weighted by molar-refractivity contribution is 0.565. The Balaban J connectivity index is 1.79. The minimum atomic E-state index is 0.516. The van der Waals surface area contributed by atoms with Gasteiger partial charge in [-0.15, -0.1) is 5.10 Å². The van der Waals surface area contributed by atoms with Crippen molar-refractivity contribution in [2.75, 3.05) is 7.05 Å². The number of hydrogen-bond acceptors (Lipinski definition) is 5. The van der Waals surface area contributed by atoms with Gasteiger partial charge in [-0.3, -0.25) is 0 Å². The Bertz CT molecular complexity index is 576. The molecule has 100 valence electrons. The van der Waals surface area contributed by atoms with Gasteiger partial charge in [-0.25, -0.2) is 4.68 Å². The number of tetrazole rings is 1. The summed E-state index contributed by atoms with van der Waals surface area (Å²) < 4.78 is 1.95. The van der Waals surface area contributed by atoms with E-state index >= 15 is 0 Å². The zero-order valence-corrected chi connectivity index (χ0v) is 11.9. The Morgan fingerprint density at radius 2 is 2.26 bits per heavy atom. The van der Waals surface area contributed by atoms with Gasteiger partial charge in [0.05, 0.1) is 6.04 Å². The van der Waals surface area contributed by atoms with Gasteiger partial charge in [-0.2, -0.15) is 0 Å². The van der Waals surface area contributed by atoms with Crippen molar-refractivity contribution in [3.05, 3.63) is 29.3 Å². The van der Waals surface area contributed by atoms with Gasteiger partial charge < -0.3 is 5.32 Å². The first kappa shape index (κ1) is 12.6. The van der Waals surface area contributed by atoms with E-state index in [1.54, 1.807) is 11.8 Å². The fourth-order valence-corrected chi connectivity index (χ4v) is 2.97. The first-order valence-corrected chi connectivity index (χ1v) is 7.29. The van der Waals surface area contributed by atoms with Crippen LogP contribution in [0.15, 0.2) is 28.3 Å². The molecule has 1 N–H and O–H groups in total. The van der Waals surface area contributed by atoms with E-state index in [0.717, 1.165) is 11.7 Å². The van der Waals surface area contributed by atoms with Crippen LogP contribution in [0, 0.1) is 6.92 Å². The Morgan fingerprint density at radius 3 is 2.95 bits per heavy atom. The van der Waals surface area contributed by atoms with E-state index in [1.165, 1.54) is 28.9 Å². The van der Waals surface area contributed by atoms with Crippen molar-refractivity contribution in [1.82, 2.24) is 25.5 Å². The number of aryl methyl sites for hydroxylation is 1. The number of rotatable bonds is 5. The van der Waals surface area contributed by atoms with Crippen molar-refractivity contribution < 1.29 is 0 Å². The molecule has 0 atom stereocenters. The molecule has 1 aliphatic carbocycles. The molecule has 19 heavy (non-hydrogen) atoms. The second-order valence-corrected chi connectivity index (χ2v) is 5.90. The second-order valence-electron chi connectivity index (χ2n) is 4.86. The first-order valence-electron chi connectivity index (χ1n) is 6.48. The van der Waals surface area contributed by atoms with Gasteiger partial charge >= 0.3 is 0 Å². The molecule has 1 aromatic carbocycles. The Hall–Kier alpha value is -1.40. The highest BCUT2D eigenvalue weighted by Gasteiger charge is 2.28. The molecule has 3 rings (SSSR count). The summed E-state index contributed by atoms with van der Waals surface area (Å²) in [6.45, 7) is 3.04. The second kappa shape index (κ2) is 5.30. The molecule has 0 spiro atoms. The highest BCUT2D eigenvalue weighted by Crippen LogP contribution is 2.38. The lowest BCUT2D eigenvalue weighted by atomic mass is 10.1. The van der Waals surface area contributed by atoms with Crippen LogP contribution in [0.25, 0.3) is 0 Å². The molecule has 1 saturated carbocycles. The van der Waals surface area contributed by atoms with E-state index in [0.29, 0.717) is 6.04 Å². The van der Waals surface area contributed by atoms with Crippen LogP contribution in [0.1, 0.15) is 30.0 Å². The minimum Gasteiger partial charge on any atom is -0.316 e. The average molecular weight is 275 g/mol. The molecule has 0 aliphatic heterocycles. The molecule has 5 nitrogen and oxygen atoms in total. The lowest BCUT2D eigenvalue weighted by Crippen LogP contribution is -2.06. The van der Waals surface area contributed by atoms with Crippen LogP contribution in [0.4, 0.5) is 0 Å². The lowest BCUT2D eigenvalue weighted by Gasteiger charge is -2.07. The number of nitrogens with one attached hydrogen (secondary N) is 1. The molecule has 1 heterocycles. The number of nitrogens with zero attached hydrogens (tertiary/aromatic N) is 4. The summed E-state index contributed by atoms with van der Waals surface area (Å²) in [7, 11) is 1.96. The fourth-order valence-electron chi connectivity index (χ4n) is 2.03. The molecular weight excluding hydrogens is 258 g/mol. The number of aromatic nitrogens is 4. The van der Waals surface area contributed by atoms with E-state index in [9.17, 15) is 0 Å². The van der Waals surface area contributed by atoms with Crippen LogP contribution in [-0.4, -0.2) is 27.3 Å². The molecule has 1 aromatic heterocycles. The van der Waals surface area contributed by atoms with E-state index in [1.807, 2.05) is 11.7 Å². The highest BCUT2D eigenvalue weighted by molar-refractivity contribution is 7.99. The molecule has 1 fully saturated rings. The van der Waals surface area contributed by atoms with Crippen molar-refractivity contribution in [3.63, 3.8) is 0 Å². The van der Waals surface area contributed by atoms with Gasteiger partial charge in [0.2, 0.25) is 5.16 Å². The quantitative estimate of drug-likeness (QED) is 0.906. The number of hydrogen-bond donors (Lipinski definition) is 1. The Labute approximate surface area is 116 Å². The third-order valence-corrected chi connectivity index (χ3v) is 4.19. The summed E-state index contributed by atoms with van der Waals surface area (Å²) >= 11 is 1.64. The normalized spacial score (nSPS) is 14.8. The standard InChI is InChI=1S/C13H17N5S/c1-9-7-12(6-3-10(9)8-14-2)19-13-15-16-17-18(13)11-4-5-11/h3,6-7,11,14H,4-5,8H2,1-2H3. The maximum absolute atomic E-state index is 4.11. The summed E-state index contributed by atoms with van der Waals surface area (Å²) in [4.78, 5) is 1.19. The van der Waals surface area contributed by atoms with Gasteiger partial charge in [0, 0.05) is 11.4 Å². The van der Waals surface area contributed by atoms with Crippen LogP contribution < -0.4 is 5.32 Å². The molecule has 0 amide bonds. The Kier molecular flexibility index (Phi) is 3.52. The van der Waals surface area contributed by atoms with Crippen LogP contribution >= 0.6 is 11.8 Å². The van der Waals surface area contributed by atoms with Gasteiger partial charge in [-0.05, 0) is 72.3 Å². The van der Waals surface area contributed by atoms with E-state index in [-0.39, 0.29) is 0 Å². The molecule has 1 aliphatic rings. The third-order valence-electron chi connectivity index (χ3n) is 3.25. The maximum Gasteiger partial charge on any atom is 0.214 e. The van der Waals surface area contributed by atoms with Crippen LogP contribution in [-0.2, 0) is 6.54 Å². The van der Waals surface area contributed by atoms with Gasteiger partial charge in [0.15, 0.2) is 0 Å². The maximum atomic E-state index is 4.11. The van der Waals surface area contributed by atoms with Gasteiger partial charge in [0.1, 0.15) is 0 Å². The Morgan fingerprint density at radius 1 is 1.42 bits per heavy atom. The smallest absolute Gasteiger partial charge is 0.214 e. The molecule has 2 aromatic rings. The summed E-state index contributed by atoms with van der Waals surface area (Å²) in [5.74, 6) is 0. The minimum absolute atomic E-state index is 0.516. The topological polar surface area (TPSA) is 55.6 Å². The highest BCUT2D eigenvalue weighted by atomic mass is 32.2. The number of benzene rings is 1. The predicted molar refractivity (Wildman–Crippen MR) is 74.2 cm³/mol. The van der Waals surface area contributed by atoms with Gasteiger partial charge in [0.25, 0.3) is 0 Å². The molecule has 0 saturated heterocycles. The summed E-state index contributed by atoms with van der Waals surface area (Å²) in [6, 6.07) is 7.01. The SMILES string of the molecule is CNCc1ccc(Sc2nnnn2C2CC2)cc1C. The molecular formula is C13H17N5S. The van der Waals surface area contributed by atoms with Crippen molar-refractivity contribution >= 4 is 11.8 Å². The zero-order valence-electron chi connectivity index (χ0n) is 11.1. The van der Waals surface area contributed by atoms with E-state index < -0.39 is 0 Å². The largest absolute Gasteiger partial charge is 0.316 e. The predicted octanol–water partition coefficient (Wildman–Crippen LogP) is 2.19. The zero-order chi connectivity index (χ0) is 13.2. The van der Waals surface area contributed by atoms with Crippen molar-refractivity contribution in [2.24, 2.45) is 0 Å². The summed E-state index contributed by atoms with van der Waals surface area (Å²) in [6.07, 6.45) is 2.39. The molecule has 6 heteroatoms. The molecule has 0 radical (unpaired) electrons. The van der Waals surface area contributed by atoms with Crippen molar-refractivity contribution in [3.8, 4) is 0 Å². The van der Waals surface area contributed by atoms with Gasteiger partial charge in [-0.1, -0.05) is 6.07 Å². The van der Waals surface area contributed by atoms with Crippen LogP contribution in [0.3, 0.4) is 0 Å². The molecule has 0 unspecified atom stereocenters. The summed E-state index contributed by atoms with van der Waals surface area (Å²) in [5.41, 5.74) is 2.62. The third kappa shape index (κ3) is 2.79. The van der Waals surface area contributed by atoms with E-state index in [4.69, 9.17) is 0 Å². The van der Waals surface area contributed by atoms with Crippen molar-refractivity contribution in [2.45, 2.75) is 42.4 Å². The van der Waals surface area contributed by atoms with Crippen LogP contribution in [0.5, 0.6) is 0 Å². The van der Waals surface area contributed by atoms with Crippen LogP contribution in [0.2, 0.25) is 0 Å². The monoisotopic (exact) mass is 275 g/mol.